The molecule has 3 atom stereocenters. The topological polar surface area (TPSA) is 64.3 Å². The Hall–Kier alpha value is -0.620. The van der Waals surface area contributed by atoms with Gasteiger partial charge in [-0.15, -0.1) is 11.3 Å². The average molecular weight is 343 g/mol. The minimum absolute atomic E-state index is 0.0492. The number of carbonyl (C=O) groups excluding carboxylic acids is 1. The van der Waals surface area contributed by atoms with Gasteiger partial charge in [-0.3, -0.25) is 4.79 Å². The van der Waals surface area contributed by atoms with Crippen LogP contribution in [-0.2, 0) is 16.0 Å². The van der Waals surface area contributed by atoms with Gasteiger partial charge in [-0.05, 0) is 31.4 Å². The Kier molecular flexibility index (Phi) is 4.27. The minimum Gasteiger partial charge on any atom is -0.377 e. The lowest BCUT2D eigenvalue weighted by atomic mass is 9.46. The summed E-state index contributed by atoms with van der Waals surface area (Å²) in [5.74, 6) is 0.0827. The molecule has 2 aliphatic rings. The molecule has 1 aromatic rings. The van der Waals surface area contributed by atoms with Gasteiger partial charge in [0.25, 0.3) is 0 Å². The first kappa shape index (κ1) is 16.2. The van der Waals surface area contributed by atoms with Crippen molar-refractivity contribution in [1.29, 1.82) is 0 Å². The number of rotatable bonds is 4. The van der Waals surface area contributed by atoms with E-state index in [0.717, 1.165) is 30.2 Å². The van der Waals surface area contributed by atoms with E-state index in [1.165, 1.54) is 4.88 Å². The maximum atomic E-state index is 12.7. The summed E-state index contributed by atoms with van der Waals surface area (Å²) < 4.78 is 6.62. The van der Waals surface area contributed by atoms with Crippen LogP contribution in [0.1, 0.15) is 31.6 Å². The van der Waals surface area contributed by atoms with Crippen LogP contribution in [0.5, 0.6) is 0 Å². The number of ether oxygens (including phenoxy) is 1. The molecule has 4 nitrogen and oxygen atoms in total. The minimum atomic E-state index is -0.828. The summed E-state index contributed by atoms with van der Waals surface area (Å²) >= 11 is 7.46. The van der Waals surface area contributed by atoms with Gasteiger partial charge in [0, 0.05) is 29.4 Å². The smallest absolute Gasteiger partial charge is 0.241 e. The highest BCUT2D eigenvalue weighted by Crippen LogP contribution is 2.57. The van der Waals surface area contributed by atoms with Crippen LogP contribution in [0.15, 0.2) is 12.1 Å². The van der Waals surface area contributed by atoms with Crippen molar-refractivity contribution in [2.24, 2.45) is 17.1 Å². The molecular weight excluding hydrogens is 320 g/mol. The van der Waals surface area contributed by atoms with Gasteiger partial charge in [0.2, 0.25) is 5.91 Å². The third-order valence-corrected chi connectivity index (χ3v) is 6.64. The molecule has 3 unspecified atom stereocenters. The van der Waals surface area contributed by atoms with Crippen molar-refractivity contribution in [2.45, 2.75) is 44.8 Å². The van der Waals surface area contributed by atoms with Crippen molar-refractivity contribution in [3.05, 3.63) is 21.3 Å². The molecule has 1 saturated carbocycles. The molecule has 3 N–H and O–H groups in total. The van der Waals surface area contributed by atoms with E-state index in [1.807, 2.05) is 26.0 Å². The van der Waals surface area contributed by atoms with Crippen molar-refractivity contribution >= 4 is 28.8 Å². The second kappa shape index (κ2) is 5.78. The van der Waals surface area contributed by atoms with Gasteiger partial charge >= 0.3 is 0 Å². The maximum Gasteiger partial charge on any atom is 0.241 e. The highest BCUT2D eigenvalue weighted by molar-refractivity contribution is 7.16. The van der Waals surface area contributed by atoms with Crippen LogP contribution in [0.3, 0.4) is 0 Å². The highest BCUT2D eigenvalue weighted by Gasteiger charge is 2.70. The zero-order valence-corrected chi connectivity index (χ0v) is 14.6. The van der Waals surface area contributed by atoms with Crippen LogP contribution >= 0.6 is 22.9 Å². The van der Waals surface area contributed by atoms with E-state index in [4.69, 9.17) is 22.1 Å². The number of amides is 1. The van der Waals surface area contributed by atoms with Crippen LogP contribution in [0.25, 0.3) is 0 Å². The molecule has 2 fully saturated rings. The molecule has 2 heterocycles. The summed E-state index contributed by atoms with van der Waals surface area (Å²) in [7, 11) is 0. The molecule has 3 rings (SSSR count). The molecule has 1 aliphatic carbocycles. The number of nitrogens with one attached hydrogen (secondary N) is 1. The van der Waals surface area contributed by atoms with E-state index in [1.54, 1.807) is 11.3 Å². The average Bonchev–Trinajstić information content (AvgIpc) is 2.91. The van der Waals surface area contributed by atoms with Crippen LogP contribution in [-0.4, -0.2) is 30.7 Å². The molecule has 0 aromatic carbocycles. The zero-order chi connectivity index (χ0) is 16.0. The Morgan fingerprint density at radius 3 is 3.00 bits per heavy atom. The van der Waals surface area contributed by atoms with Gasteiger partial charge in [0.15, 0.2) is 0 Å². The Balaban J connectivity index is 1.61. The lowest BCUT2D eigenvalue weighted by molar-refractivity contribution is -0.225. The SMILES string of the molecule is CC1(C)C2OCCCC2C1(N)C(=O)NCCc1ccc(Cl)s1. The van der Waals surface area contributed by atoms with Crippen molar-refractivity contribution in [1.82, 2.24) is 5.32 Å². The zero-order valence-electron chi connectivity index (χ0n) is 13.0. The highest BCUT2D eigenvalue weighted by atomic mass is 35.5. The molecule has 1 aromatic heterocycles. The molecule has 0 radical (unpaired) electrons. The fourth-order valence-electron chi connectivity index (χ4n) is 3.97. The summed E-state index contributed by atoms with van der Waals surface area (Å²) in [6.45, 7) is 5.45. The second-order valence-electron chi connectivity index (χ2n) is 6.84. The number of carbonyl (C=O) groups is 1. The van der Waals surface area contributed by atoms with Crippen LogP contribution < -0.4 is 11.1 Å². The van der Waals surface area contributed by atoms with E-state index in [9.17, 15) is 4.79 Å². The van der Waals surface area contributed by atoms with Crippen LogP contribution in [0.4, 0.5) is 0 Å². The Morgan fingerprint density at radius 2 is 2.32 bits per heavy atom. The number of fused-ring (bicyclic) bond motifs is 1. The molecule has 6 heteroatoms. The summed E-state index contributed by atoms with van der Waals surface area (Å²) in [5, 5.41) is 3.02. The first-order valence-electron chi connectivity index (χ1n) is 7.80. The summed E-state index contributed by atoms with van der Waals surface area (Å²) in [6, 6.07) is 3.88. The summed E-state index contributed by atoms with van der Waals surface area (Å²) in [6.07, 6.45) is 2.84. The largest absolute Gasteiger partial charge is 0.377 e. The quantitative estimate of drug-likeness (QED) is 0.884. The Labute approximate surface area is 140 Å². The number of thiophene rings is 1. The summed E-state index contributed by atoms with van der Waals surface area (Å²) in [4.78, 5) is 13.9. The fraction of sp³-hybridized carbons (Fsp3) is 0.688. The maximum absolute atomic E-state index is 12.7. The predicted octanol–water partition coefficient (Wildman–Crippen LogP) is 2.59. The van der Waals surface area contributed by atoms with Gasteiger partial charge in [-0.25, -0.2) is 0 Å². The molecule has 22 heavy (non-hydrogen) atoms. The monoisotopic (exact) mass is 342 g/mol. The third kappa shape index (κ3) is 2.39. The normalized spacial score (nSPS) is 32.9. The molecular formula is C16H23ClN2O2S. The first-order valence-corrected chi connectivity index (χ1v) is 9.00. The molecule has 0 bridgehead atoms. The Morgan fingerprint density at radius 1 is 1.55 bits per heavy atom. The molecule has 1 saturated heterocycles. The Bertz CT molecular complexity index is 574. The van der Waals surface area contributed by atoms with E-state index in [0.29, 0.717) is 6.54 Å². The van der Waals surface area contributed by atoms with Crippen LogP contribution in [0, 0.1) is 11.3 Å². The van der Waals surface area contributed by atoms with E-state index in [2.05, 4.69) is 5.32 Å². The predicted molar refractivity (Wildman–Crippen MR) is 89.2 cm³/mol. The van der Waals surface area contributed by atoms with Gasteiger partial charge in [-0.1, -0.05) is 25.4 Å². The van der Waals surface area contributed by atoms with E-state index >= 15 is 0 Å². The van der Waals surface area contributed by atoms with Crippen molar-refractivity contribution in [3.8, 4) is 0 Å². The lowest BCUT2D eigenvalue weighted by Crippen LogP contribution is -2.82. The van der Waals surface area contributed by atoms with Gasteiger partial charge < -0.3 is 15.8 Å². The fourth-order valence-corrected chi connectivity index (χ4v) is 5.06. The lowest BCUT2D eigenvalue weighted by Gasteiger charge is -2.65. The van der Waals surface area contributed by atoms with Crippen molar-refractivity contribution in [2.75, 3.05) is 13.2 Å². The van der Waals surface area contributed by atoms with Crippen molar-refractivity contribution < 1.29 is 9.53 Å². The first-order chi connectivity index (χ1) is 10.4. The standard InChI is InChI=1S/C16H23ClN2O2S/c1-15(2)13-11(4-3-9-21-13)16(15,18)14(20)19-8-7-10-5-6-12(17)22-10/h5-6,11,13H,3-4,7-9,18H2,1-2H3,(H,19,20). The van der Waals surface area contributed by atoms with Gasteiger partial charge in [0.05, 0.1) is 10.4 Å². The van der Waals surface area contributed by atoms with Crippen LogP contribution in [0.2, 0.25) is 4.34 Å². The number of nitrogens with two attached hydrogens (primary N) is 1. The summed E-state index contributed by atoms with van der Waals surface area (Å²) in [5.41, 5.74) is 5.40. The third-order valence-electron chi connectivity index (χ3n) is 5.35. The van der Waals surface area contributed by atoms with E-state index < -0.39 is 5.54 Å². The van der Waals surface area contributed by atoms with Gasteiger partial charge in [0.1, 0.15) is 5.54 Å². The van der Waals surface area contributed by atoms with Gasteiger partial charge in [-0.2, -0.15) is 0 Å². The van der Waals surface area contributed by atoms with Crippen molar-refractivity contribution in [3.63, 3.8) is 0 Å². The molecule has 122 valence electrons. The second-order valence-corrected chi connectivity index (χ2v) is 8.64. The van der Waals surface area contributed by atoms with E-state index in [-0.39, 0.29) is 23.3 Å². The molecule has 1 aliphatic heterocycles. The number of halogens is 1. The number of hydrogen-bond acceptors (Lipinski definition) is 4. The molecule has 1 amide bonds. The molecule has 0 spiro atoms. The number of hydrogen-bond donors (Lipinski definition) is 2.